The van der Waals surface area contributed by atoms with Crippen molar-refractivity contribution in [3.05, 3.63) is 24.4 Å². The van der Waals surface area contributed by atoms with Gasteiger partial charge in [-0.2, -0.15) is 4.98 Å². The van der Waals surface area contributed by atoms with E-state index in [9.17, 15) is 4.79 Å². The van der Waals surface area contributed by atoms with E-state index in [2.05, 4.69) is 21.6 Å². The molecule has 0 atom stereocenters. The number of carbonyl (C=O) groups is 1. The molecule has 1 aliphatic heterocycles. The standard InChI is InChI=1S/C13H18N4O2/c1-2-12(18)17-7-5-16(6-8-17)9-11-14-13(19-15-11)10-3-4-10/h2,10H,1,3-9H2. The molecule has 0 bridgehead atoms. The lowest BCUT2D eigenvalue weighted by atomic mass is 10.3. The summed E-state index contributed by atoms with van der Waals surface area (Å²) in [5.41, 5.74) is 0. The zero-order valence-electron chi connectivity index (χ0n) is 10.9. The van der Waals surface area contributed by atoms with Crippen LogP contribution in [0.15, 0.2) is 17.2 Å². The van der Waals surface area contributed by atoms with E-state index in [1.54, 1.807) is 0 Å². The van der Waals surface area contributed by atoms with Crippen LogP contribution in [0.5, 0.6) is 0 Å². The van der Waals surface area contributed by atoms with Crippen LogP contribution in [0.2, 0.25) is 0 Å². The molecule has 6 heteroatoms. The Hall–Kier alpha value is -1.69. The summed E-state index contributed by atoms with van der Waals surface area (Å²) in [6, 6.07) is 0. The summed E-state index contributed by atoms with van der Waals surface area (Å²) in [5.74, 6) is 2.06. The van der Waals surface area contributed by atoms with Crippen LogP contribution < -0.4 is 0 Å². The third-order valence-corrected chi connectivity index (χ3v) is 3.63. The number of carbonyl (C=O) groups excluding carboxylic acids is 1. The fourth-order valence-electron chi connectivity index (χ4n) is 2.28. The Morgan fingerprint density at radius 2 is 2.11 bits per heavy atom. The predicted octanol–water partition coefficient (Wildman–Crippen LogP) is 0.777. The van der Waals surface area contributed by atoms with Crippen molar-refractivity contribution in [2.45, 2.75) is 25.3 Å². The van der Waals surface area contributed by atoms with Crippen LogP contribution in [0.4, 0.5) is 0 Å². The van der Waals surface area contributed by atoms with Crippen molar-refractivity contribution < 1.29 is 9.32 Å². The normalized spacial score (nSPS) is 20.5. The van der Waals surface area contributed by atoms with E-state index < -0.39 is 0 Å². The van der Waals surface area contributed by atoms with Crippen molar-refractivity contribution in [3.8, 4) is 0 Å². The van der Waals surface area contributed by atoms with E-state index in [1.165, 1.54) is 18.9 Å². The van der Waals surface area contributed by atoms with E-state index in [1.807, 2.05) is 4.90 Å². The van der Waals surface area contributed by atoms with Gasteiger partial charge in [0.1, 0.15) is 0 Å². The Bertz CT molecular complexity index is 473. The summed E-state index contributed by atoms with van der Waals surface area (Å²) < 4.78 is 5.24. The second-order valence-electron chi connectivity index (χ2n) is 5.13. The maximum Gasteiger partial charge on any atom is 0.246 e. The lowest BCUT2D eigenvalue weighted by Crippen LogP contribution is -2.47. The van der Waals surface area contributed by atoms with Gasteiger partial charge in [-0.15, -0.1) is 0 Å². The van der Waals surface area contributed by atoms with Crippen molar-refractivity contribution in [3.63, 3.8) is 0 Å². The van der Waals surface area contributed by atoms with Crippen molar-refractivity contribution in [1.29, 1.82) is 0 Å². The average Bonchev–Trinajstić information content (AvgIpc) is 3.20. The third-order valence-electron chi connectivity index (χ3n) is 3.63. The minimum absolute atomic E-state index is 0.00947. The highest BCUT2D eigenvalue weighted by Gasteiger charge is 2.30. The molecule has 0 aromatic carbocycles. The predicted molar refractivity (Wildman–Crippen MR) is 68.3 cm³/mol. The van der Waals surface area contributed by atoms with Gasteiger partial charge in [-0.3, -0.25) is 9.69 Å². The van der Waals surface area contributed by atoms with Gasteiger partial charge in [0.15, 0.2) is 5.82 Å². The first kappa shape index (κ1) is 12.3. The molecule has 102 valence electrons. The van der Waals surface area contributed by atoms with Crippen LogP contribution in [0.25, 0.3) is 0 Å². The fraction of sp³-hybridized carbons (Fsp3) is 0.615. The van der Waals surface area contributed by atoms with Gasteiger partial charge in [-0.25, -0.2) is 0 Å². The quantitative estimate of drug-likeness (QED) is 0.750. The zero-order valence-corrected chi connectivity index (χ0v) is 10.9. The molecule has 2 aliphatic rings. The number of rotatable bonds is 4. The molecule has 2 fully saturated rings. The monoisotopic (exact) mass is 262 g/mol. The molecule has 1 aliphatic carbocycles. The van der Waals surface area contributed by atoms with Gasteiger partial charge in [-0.1, -0.05) is 11.7 Å². The van der Waals surface area contributed by atoms with Gasteiger partial charge in [0.2, 0.25) is 11.8 Å². The highest BCUT2D eigenvalue weighted by atomic mass is 16.5. The topological polar surface area (TPSA) is 62.5 Å². The Labute approximate surface area is 112 Å². The first-order chi connectivity index (χ1) is 9.26. The summed E-state index contributed by atoms with van der Waals surface area (Å²) in [7, 11) is 0. The molecular weight excluding hydrogens is 244 g/mol. The van der Waals surface area contributed by atoms with Gasteiger partial charge in [0.25, 0.3) is 0 Å². The summed E-state index contributed by atoms with van der Waals surface area (Å²) >= 11 is 0. The molecule has 0 unspecified atom stereocenters. The number of hydrogen-bond acceptors (Lipinski definition) is 5. The van der Waals surface area contributed by atoms with Crippen LogP contribution >= 0.6 is 0 Å². The second kappa shape index (κ2) is 5.13. The van der Waals surface area contributed by atoms with Crippen LogP contribution in [0.3, 0.4) is 0 Å². The van der Waals surface area contributed by atoms with Crippen molar-refractivity contribution >= 4 is 5.91 Å². The first-order valence-corrected chi connectivity index (χ1v) is 6.72. The minimum Gasteiger partial charge on any atom is -0.339 e. The molecule has 1 amide bonds. The zero-order chi connectivity index (χ0) is 13.2. The maximum atomic E-state index is 11.5. The summed E-state index contributed by atoms with van der Waals surface area (Å²) in [5, 5.41) is 4.02. The smallest absolute Gasteiger partial charge is 0.246 e. The van der Waals surface area contributed by atoms with E-state index in [-0.39, 0.29) is 5.91 Å². The van der Waals surface area contributed by atoms with Gasteiger partial charge >= 0.3 is 0 Å². The van der Waals surface area contributed by atoms with E-state index in [4.69, 9.17) is 4.52 Å². The van der Waals surface area contributed by atoms with Gasteiger partial charge in [0.05, 0.1) is 6.54 Å². The molecular formula is C13H18N4O2. The second-order valence-corrected chi connectivity index (χ2v) is 5.13. The summed E-state index contributed by atoms with van der Waals surface area (Å²) in [6.07, 6.45) is 3.71. The van der Waals surface area contributed by atoms with Crippen LogP contribution in [-0.4, -0.2) is 52.0 Å². The molecule has 0 radical (unpaired) electrons. The third kappa shape index (κ3) is 2.84. The highest BCUT2D eigenvalue weighted by molar-refractivity contribution is 5.87. The number of hydrogen-bond donors (Lipinski definition) is 0. The fourth-order valence-corrected chi connectivity index (χ4v) is 2.28. The summed E-state index contributed by atoms with van der Waals surface area (Å²) in [4.78, 5) is 19.9. The molecule has 1 saturated carbocycles. The molecule has 19 heavy (non-hydrogen) atoms. The van der Waals surface area contributed by atoms with Crippen LogP contribution in [0.1, 0.15) is 30.5 Å². The van der Waals surface area contributed by atoms with Gasteiger partial charge < -0.3 is 9.42 Å². The largest absolute Gasteiger partial charge is 0.339 e. The molecule has 1 aromatic rings. The Morgan fingerprint density at radius 3 is 2.74 bits per heavy atom. The van der Waals surface area contributed by atoms with Crippen LogP contribution in [0, 0.1) is 0 Å². The van der Waals surface area contributed by atoms with Gasteiger partial charge in [-0.05, 0) is 18.9 Å². The number of nitrogens with zero attached hydrogens (tertiary/aromatic N) is 4. The number of piperazine rings is 1. The number of aromatic nitrogens is 2. The molecule has 3 rings (SSSR count). The van der Waals surface area contributed by atoms with Crippen molar-refractivity contribution in [2.75, 3.05) is 26.2 Å². The van der Waals surface area contributed by atoms with Crippen molar-refractivity contribution in [1.82, 2.24) is 19.9 Å². The molecule has 1 aromatic heterocycles. The molecule has 0 spiro atoms. The van der Waals surface area contributed by atoms with Crippen LogP contribution in [-0.2, 0) is 11.3 Å². The van der Waals surface area contributed by atoms with Gasteiger partial charge in [0, 0.05) is 32.1 Å². The lowest BCUT2D eigenvalue weighted by Gasteiger charge is -2.33. The molecule has 1 saturated heterocycles. The van der Waals surface area contributed by atoms with E-state index in [0.717, 1.165) is 37.9 Å². The maximum absolute atomic E-state index is 11.5. The lowest BCUT2D eigenvalue weighted by molar-refractivity contribution is -0.127. The SMILES string of the molecule is C=CC(=O)N1CCN(Cc2noc(C3CC3)n2)CC1. The average molecular weight is 262 g/mol. The minimum atomic E-state index is 0.00947. The summed E-state index contributed by atoms with van der Waals surface area (Å²) in [6.45, 7) is 7.36. The molecule has 6 nitrogen and oxygen atoms in total. The Balaban J connectivity index is 1.51. The molecule has 0 N–H and O–H groups in total. The Kier molecular flexibility index (Phi) is 3.33. The van der Waals surface area contributed by atoms with E-state index in [0.29, 0.717) is 12.5 Å². The Morgan fingerprint density at radius 1 is 1.37 bits per heavy atom. The number of amides is 1. The van der Waals surface area contributed by atoms with E-state index >= 15 is 0 Å². The molecule has 2 heterocycles. The first-order valence-electron chi connectivity index (χ1n) is 6.72. The highest BCUT2D eigenvalue weighted by Crippen LogP contribution is 2.38. The van der Waals surface area contributed by atoms with Crippen molar-refractivity contribution in [2.24, 2.45) is 0 Å².